The van der Waals surface area contributed by atoms with Crippen LogP contribution in [0, 0.1) is 0 Å². The van der Waals surface area contributed by atoms with Gasteiger partial charge in [-0.05, 0) is 53.5 Å². The van der Waals surface area contributed by atoms with Crippen molar-refractivity contribution in [2.75, 3.05) is 0 Å². The summed E-state index contributed by atoms with van der Waals surface area (Å²) in [7, 11) is 0. The third-order valence-electron chi connectivity index (χ3n) is 9.92. The molecule has 0 saturated heterocycles. The molecule has 1 aliphatic heterocycles. The first kappa shape index (κ1) is 20.5. The van der Waals surface area contributed by atoms with Crippen LogP contribution in [0.1, 0.15) is 34.6 Å². The number of para-hydroxylation sites is 4. The molecule has 0 spiro atoms. The SMILES string of the molecule is [2H]c1c([2H])c([2H])c2c(oc3c(-c4nc(-c5ccc6c(c5)C(C)(C)c5cccc7c8sc9ccccc9c8n-6c57)nc5ccccc45)c([2H])c([2H])c([2H])c32)c1[2H]. The number of rotatable bonds is 2. The maximum atomic E-state index is 9.17. The summed E-state index contributed by atoms with van der Waals surface area (Å²) in [6, 6.07) is 26.1. The van der Waals surface area contributed by atoms with Gasteiger partial charge in [-0.1, -0.05) is 98.7 Å². The van der Waals surface area contributed by atoms with E-state index in [-0.39, 0.29) is 51.0 Å². The fourth-order valence-electron chi connectivity index (χ4n) is 7.67. The Kier molecular flexibility index (Phi) is 3.91. The molecule has 48 heavy (non-hydrogen) atoms. The van der Waals surface area contributed by atoms with E-state index in [0.29, 0.717) is 22.4 Å². The molecule has 1 aliphatic rings. The highest BCUT2D eigenvalue weighted by molar-refractivity contribution is 7.26. The molecule has 0 saturated carbocycles. The molecule has 0 radical (unpaired) electrons. The molecular weight excluding hydrogens is 607 g/mol. The van der Waals surface area contributed by atoms with E-state index < -0.39 is 24.2 Å². The van der Waals surface area contributed by atoms with Gasteiger partial charge in [0.1, 0.15) is 11.2 Å². The Morgan fingerprint density at radius 2 is 1.52 bits per heavy atom. The Hall–Kier alpha value is -5.78. The van der Waals surface area contributed by atoms with Crippen molar-refractivity contribution < 1.29 is 14.0 Å². The topological polar surface area (TPSA) is 43.9 Å². The standard InChI is InChI=1S/C43H27N3OS/c1-43(2)31-17-10-16-30-38(31)46(39-28-13-5-8-20-36(28)48-41(30)39)34-22-21-24(23-32(34)43)42-44-33-18-6-3-12-27(33)37(45-42)29-15-9-14-26-25-11-4-7-19-35(25)47-40(26)29/h3-23H,1-2H3/i4D,7D,9D,11D,14D,15D,19D. The van der Waals surface area contributed by atoms with E-state index in [2.05, 4.69) is 73.0 Å². The van der Waals surface area contributed by atoms with Crippen LogP contribution in [-0.2, 0) is 5.41 Å². The van der Waals surface area contributed by atoms with E-state index in [4.69, 9.17) is 24.0 Å². The van der Waals surface area contributed by atoms with Crippen molar-refractivity contribution in [3.63, 3.8) is 0 Å². The molecule has 5 heteroatoms. The van der Waals surface area contributed by atoms with Crippen molar-refractivity contribution in [3.8, 4) is 28.3 Å². The van der Waals surface area contributed by atoms with Crippen LogP contribution in [0.2, 0.25) is 0 Å². The molecule has 0 atom stereocenters. The van der Waals surface area contributed by atoms with Crippen LogP contribution in [0.5, 0.6) is 0 Å². The zero-order chi connectivity index (χ0) is 37.8. The lowest BCUT2D eigenvalue weighted by Gasteiger charge is -2.35. The molecule has 226 valence electrons. The smallest absolute Gasteiger partial charge is 0.160 e. The Morgan fingerprint density at radius 3 is 2.46 bits per heavy atom. The first-order chi connectivity index (χ1) is 26.5. The van der Waals surface area contributed by atoms with E-state index in [1.165, 1.54) is 36.8 Å². The summed E-state index contributed by atoms with van der Waals surface area (Å²) in [6.45, 7) is 4.49. The van der Waals surface area contributed by atoms with Gasteiger partial charge in [0.2, 0.25) is 0 Å². The first-order valence-electron chi connectivity index (χ1n) is 19.3. The minimum absolute atomic E-state index is 0.00293. The highest BCUT2D eigenvalue weighted by Crippen LogP contribution is 2.51. The van der Waals surface area contributed by atoms with Gasteiger partial charge in [-0.25, -0.2) is 9.97 Å². The van der Waals surface area contributed by atoms with Gasteiger partial charge in [0.25, 0.3) is 0 Å². The number of thiophene rings is 1. The second kappa shape index (κ2) is 9.18. The number of fused-ring (bicyclic) bond motifs is 11. The third-order valence-corrected chi connectivity index (χ3v) is 11.1. The lowest BCUT2D eigenvalue weighted by Crippen LogP contribution is -2.26. The molecule has 4 aromatic heterocycles. The van der Waals surface area contributed by atoms with Gasteiger partial charge in [-0.2, -0.15) is 0 Å². The van der Waals surface area contributed by atoms with Crippen LogP contribution >= 0.6 is 11.3 Å². The van der Waals surface area contributed by atoms with E-state index in [1.807, 2.05) is 41.7 Å². The number of furan rings is 1. The lowest BCUT2D eigenvalue weighted by atomic mass is 9.74. The van der Waals surface area contributed by atoms with Crippen LogP contribution in [0.25, 0.3) is 92.4 Å². The highest BCUT2D eigenvalue weighted by Gasteiger charge is 2.36. The van der Waals surface area contributed by atoms with Gasteiger partial charge >= 0.3 is 0 Å². The van der Waals surface area contributed by atoms with Crippen molar-refractivity contribution in [2.45, 2.75) is 19.3 Å². The second-order valence-corrected chi connectivity index (χ2v) is 13.9. The predicted molar refractivity (Wildman–Crippen MR) is 200 cm³/mol. The Morgan fingerprint density at radius 1 is 0.708 bits per heavy atom. The van der Waals surface area contributed by atoms with Crippen LogP contribution in [-0.4, -0.2) is 14.5 Å². The van der Waals surface area contributed by atoms with Gasteiger partial charge in [0, 0.05) is 48.2 Å². The van der Waals surface area contributed by atoms with Gasteiger partial charge in [-0.15, -0.1) is 11.3 Å². The van der Waals surface area contributed by atoms with Crippen molar-refractivity contribution in [3.05, 3.63) is 138 Å². The van der Waals surface area contributed by atoms with Crippen molar-refractivity contribution >= 4 is 75.4 Å². The Labute approximate surface area is 289 Å². The van der Waals surface area contributed by atoms with E-state index >= 15 is 0 Å². The molecule has 4 nitrogen and oxygen atoms in total. The van der Waals surface area contributed by atoms with Crippen molar-refractivity contribution in [1.82, 2.24) is 14.5 Å². The molecule has 0 amide bonds. The number of hydrogen-bond donors (Lipinski definition) is 0. The minimum atomic E-state index is -0.469. The minimum Gasteiger partial charge on any atom is -0.455 e. The lowest BCUT2D eigenvalue weighted by molar-refractivity contribution is 0.630. The molecule has 0 unspecified atom stereocenters. The second-order valence-electron chi connectivity index (χ2n) is 12.8. The van der Waals surface area contributed by atoms with Gasteiger partial charge in [0.05, 0.1) is 42.2 Å². The number of hydrogen-bond acceptors (Lipinski definition) is 4. The third kappa shape index (κ3) is 3.33. The monoisotopic (exact) mass is 640 g/mol. The van der Waals surface area contributed by atoms with Gasteiger partial charge in [-0.3, -0.25) is 0 Å². The average molecular weight is 641 g/mol. The fraction of sp³-hybridized carbons (Fsp3) is 0.0698. The quantitative estimate of drug-likeness (QED) is 0.189. The molecule has 0 N–H and O–H groups in total. The molecule has 11 rings (SSSR count). The maximum absolute atomic E-state index is 9.17. The summed E-state index contributed by atoms with van der Waals surface area (Å²) in [5, 5.41) is 3.09. The van der Waals surface area contributed by atoms with Crippen LogP contribution in [0.4, 0.5) is 0 Å². The zero-order valence-electron chi connectivity index (χ0n) is 32.7. The highest BCUT2D eigenvalue weighted by atomic mass is 32.1. The number of benzene rings is 6. The molecule has 5 heterocycles. The molecule has 0 bridgehead atoms. The summed E-state index contributed by atoms with van der Waals surface area (Å²) in [5.74, 6) is 0.393. The van der Waals surface area contributed by atoms with Crippen molar-refractivity contribution in [1.29, 1.82) is 0 Å². The zero-order valence-corrected chi connectivity index (χ0v) is 26.6. The summed E-state index contributed by atoms with van der Waals surface area (Å²) in [5.41, 5.74) is 7.08. The summed E-state index contributed by atoms with van der Waals surface area (Å²) in [6.07, 6.45) is 0. The van der Waals surface area contributed by atoms with Crippen LogP contribution in [0.3, 0.4) is 0 Å². The van der Waals surface area contributed by atoms with Crippen molar-refractivity contribution in [2.24, 2.45) is 0 Å². The summed E-state index contributed by atoms with van der Waals surface area (Å²) < 4.78 is 71.8. The van der Waals surface area contributed by atoms with E-state index in [0.717, 1.165) is 16.8 Å². The van der Waals surface area contributed by atoms with Gasteiger partial charge in [0.15, 0.2) is 5.82 Å². The normalized spacial score (nSPS) is 15.8. The molecular formula is C43H27N3OS. The summed E-state index contributed by atoms with van der Waals surface area (Å²) >= 11 is 1.82. The van der Waals surface area contributed by atoms with Gasteiger partial charge < -0.3 is 8.98 Å². The van der Waals surface area contributed by atoms with E-state index in [1.54, 1.807) is 0 Å². The fourth-order valence-corrected chi connectivity index (χ4v) is 8.88. The van der Waals surface area contributed by atoms with Crippen LogP contribution < -0.4 is 0 Å². The first-order valence-corrected chi connectivity index (χ1v) is 16.6. The predicted octanol–water partition coefficient (Wildman–Crippen LogP) is 11.8. The molecule has 6 aromatic carbocycles. The Bertz CT molecular complexity index is 3400. The molecule has 0 aliphatic carbocycles. The maximum Gasteiger partial charge on any atom is 0.160 e. The number of aromatic nitrogens is 3. The molecule has 10 aromatic rings. The molecule has 0 fully saturated rings. The summed E-state index contributed by atoms with van der Waals surface area (Å²) in [4.78, 5) is 10.1. The van der Waals surface area contributed by atoms with Crippen LogP contribution in [0.15, 0.2) is 132 Å². The number of nitrogens with zero attached hydrogens (tertiary/aromatic N) is 3. The average Bonchev–Trinajstić information content (AvgIpc) is 3.87. The Balaban J connectivity index is 1.20. The van der Waals surface area contributed by atoms with E-state index in [9.17, 15) is 0 Å². The largest absolute Gasteiger partial charge is 0.455 e.